The van der Waals surface area contributed by atoms with Gasteiger partial charge in [0, 0.05) is 6.04 Å². The Labute approximate surface area is 121 Å². The second-order valence-electron chi connectivity index (χ2n) is 5.94. The molecule has 1 aliphatic rings. The normalized spacial score (nSPS) is 28.9. The van der Waals surface area contributed by atoms with E-state index in [1.54, 1.807) is 0 Å². The van der Waals surface area contributed by atoms with Crippen molar-refractivity contribution in [2.24, 2.45) is 17.6 Å². The second kappa shape index (κ2) is 5.80. The van der Waals surface area contributed by atoms with Crippen LogP contribution in [0.1, 0.15) is 30.4 Å². The summed E-state index contributed by atoms with van der Waals surface area (Å²) in [6, 6.07) is 22.0. The highest BCUT2D eigenvalue weighted by atomic mass is 14.8. The van der Waals surface area contributed by atoms with Gasteiger partial charge in [-0.2, -0.15) is 0 Å². The molecule has 2 aromatic rings. The fourth-order valence-corrected chi connectivity index (χ4v) is 3.81. The molecule has 3 rings (SSSR count). The van der Waals surface area contributed by atoms with Crippen LogP contribution in [0.15, 0.2) is 60.7 Å². The summed E-state index contributed by atoms with van der Waals surface area (Å²) in [6.45, 7) is 2.26. The van der Waals surface area contributed by atoms with Gasteiger partial charge in [0.1, 0.15) is 0 Å². The van der Waals surface area contributed by atoms with E-state index in [2.05, 4.69) is 67.6 Å². The maximum Gasteiger partial charge on any atom is 0.0111 e. The quantitative estimate of drug-likeness (QED) is 0.888. The summed E-state index contributed by atoms with van der Waals surface area (Å²) in [5.41, 5.74) is 9.32. The molecule has 0 saturated heterocycles. The molecular formula is C19H23N. The van der Waals surface area contributed by atoms with Crippen molar-refractivity contribution in [3.8, 4) is 0 Å². The van der Waals surface area contributed by atoms with Crippen LogP contribution in [0.5, 0.6) is 0 Å². The summed E-state index contributed by atoms with van der Waals surface area (Å²) in [5, 5.41) is 0. The van der Waals surface area contributed by atoms with Crippen LogP contribution in [0.4, 0.5) is 0 Å². The fraction of sp³-hybridized carbons (Fsp3) is 0.368. The Morgan fingerprint density at radius 1 is 0.850 bits per heavy atom. The van der Waals surface area contributed by atoms with Gasteiger partial charge >= 0.3 is 0 Å². The first-order valence-corrected chi connectivity index (χ1v) is 7.65. The van der Waals surface area contributed by atoms with Gasteiger partial charge in [-0.05, 0) is 35.3 Å². The SMILES string of the molecule is CCC1C(N)C(Cc2ccccc2)C1c1ccccc1. The van der Waals surface area contributed by atoms with Gasteiger partial charge < -0.3 is 5.73 Å². The highest BCUT2D eigenvalue weighted by Crippen LogP contribution is 2.49. The molecule has 1 heteroatoms. The largest absolute Gasteiger partial charge is 0.327 e. The molecule has 1 saturated carbocycles. The zero-order chi connectivity index (χ0) is 13.9. The minimum Gasteiger partial charge on any atom is -0.327 e. The highest BCUT2D eigenvalue weighted by Gasteiger charge is 2.47. The Hall–Kier alpha value is -1.60. The second-order valence-corrected chi connectivity index (χ2v) is 5.94. The number of benzene rings is 2. The van der Waals surface area contributed by atoms with Crippen LogP contribution in [-0.2, 0) is 6.42 Å². The lowest BCUT2D eigenvalue weighted by molar-refractivity contribution is 0.0939. The molecule has 0 spiro atoms. The first-order chi connectivity index (χ1) is 9.81. The average molecular weight is 265 g/mol. The van der Waals surface area contributed by atoms with Gasteiger partial charge in [-0.25, -0.2) is 0 Å². The van der Waals surface area contributed by atoms with Gasteiger partial charge in [-0.3, -0.25) is 0 Å². The molecule has 1 nitrogen and oxygen atoms in total. The molecule has 4 atom stereocenters. The van der Waals surface area contributed by atoms with E-state index in [9.17, 15) is 0 Å². The third-order valence-corrected chi connectivity index (χ3v) is 4.88. The summed E-state index contributed by atoms with van der Waals surface area (Å²) < 4.78 is 0. The van der Waals surface area contributed by atoms with Crippen LogP contribution >= 0.6 is 0 Å². The molecule has 0 heterocycles. The zero-order valence-electron chi connectivity index (χ0n) is 12.1. The molecule has 1 aliphatic carbocycles. The van der Waals surface area contributed by atoms with Crippen LogP contribution in [-0.4, -0.2) is 6.04 Å². The van der Waals surface area contributed by atoms with Crippen LogP contribution in [0.3, 0.4) is 0 Å². The van der Waals surface area contributed by atoms with Crippen LogP contribution in [0, 0.1) is 11.8 Å². The van der Waals surface area contributed by atoms with Crippen molar-refractivity contribution < 1.29 is 0 Å². The predicted octanol–water partition coefficient (Wildman–Crippen LogP) is 4.00. The van der Waals surface area contributed by atoms with Crippen molar-refractivity contribution >= 4 is 0 Å². The van der Waals surface area contributed by atoms with E-state index >= 15 is 0 Å². The molecule has 2 aromatic carbocycles. The summed E-state index contributed by atoms with van der Waals surface area (Å²) in [7, 11) is 0. The first kappa shape index (κ1) is 13.4. The molecule has 20 heavy (non-hydrogen) atoms. The van der Waals surface area contributed by atoms with Gasteiger partial charge in [-0.1, -0.05) is 74.0 Å². The van der Waals surface area contributed by atoms with Gasteiger partial charge in [-0.15, -0.1) is 0 Å². The molecule has 0 bridgehead atoms. The molecule has 0 aromatic heterocycles. The van der Waals surface area contributed by atoms with Crippen molar-refractivity contribution in [1.82, 2.24) is 0 Å². The average Bonchev–Trinajstić information content (AvgIpc) is 2.51. The highest BCUT2D eigenvalue weighted by molar-refractivity contribution is 5.28. The maximum atomic E-state index is 6.45. The lowest BCUT2D eigenvalue weighted by Crippen LogP contribution is -2.55. The van der Waals surface area contributed by atoms with E-state index < -0.39 is 0 Å². The Morgan fingerprint density at radius 3 is 2.05 bits per heavy atom. The van der Waals surface area contributed by atoms with Gasteiger partial charge in [0.25, 0.3) is 0 Å². The van der Waals surface area contributed by atoms with Crippen molar-refractivity contribution in [1.29, 1.82) is 0 Å². The van der Waals surface area contributed by atoms with E-state index in [1.807, 2.05) is 0 Å². The number of rotatable bonds is 4. The number of nitrogens with two attached hydrogens (primary N) is 1. The zero-order valence-corrected chi connectivity index (χ0v) is 12.1. The molecule has 0 aliphatic heterocycles. The van der Waals surface area contributed by atoms with Gasteiger partial charge in [0.15, 0.2) is 0 Å². The van der Waals surface area contributed by atoms with E-state index in [-0.39, 0.29) is 0 Å². The molecule has 104 valence electrons. The molecule has 0 amide bonds. The lowest BCUT2D eigenvalue weighted by atomic mass is 9.56. The monoisotopic (exact) mass is 265 g/mol. The van der Waals surface area contributed by atoms with E-state index in [0.717, 1.165) is 6.42 Å². The van der Waals surface area contributed by atoms with Gasteiger partial charge in [0.2, 0.25) is 0 Å². The van der Waals surface area contributed by atoms with E-state index in [0.29, 0.717) is 23.8 Å². The molecule has 4 unspecified atom stereocenters. The standard InChI is InChI=1S/C19H23N/c1-2-16-18(15-11-7-4-8-12-15)17(19(16)20)13-14-9-5-3-6-10-14/h3-12,16-19H,2,13,20H2,1H3. The van der Waals surface area contributed by atoms with Crippen LogP contribution < -0.4 is 5.73 Å². The van der Waals surface area contributed by atoms with Crippen molar-refractivity contribution in [2.45, 2.75) is 31.7 Å². The topological polar surface area (TPSA) is 26.0 Å². The van der Waals surface area contributed by atoms with Crippen molar-refractivity contribution in [2.75, 3.05) is 0 Å². The molecule has 0 radical (unpaired) electrons. The van der Waals surface area contributed by atoms with Gasteiger partial charge in [0.05, 0.1) is 0 Å². The van der Waals surface area contributed by atoms with Crippen LogP contribution in [0.25, 0.3) is 0 Å². The summed E-state index contributed by atoms with van der Waals surface area (Å²) >= 11 is 0. The van der Waals surface area contributed by atoms with Crippen molar-refractivity contribution in [3.05, 3.63) is 71.8 Å². The fourth-order valence-electron chi connectivity index (χ4n) is 3.81. The Balaban J connectivity index is 1.82. The molecule has 1 fully saturated rings. The molecular weight excluding hydrogens is 242 g/mol. The summed E-state index contributed by atoms with van der Waals surface area (Å²) in [6.07, 6.45) is 2.27. The van der Waals surface area contributed by atoms with Crippen molar-refractivity contribution in [3.63, 3.8) is 0 Å². The third kappa shape index (κ3) is 2.38. The summed E-state index contributed by atoms with van der Waals surface area (Å²) in [4.78, 5) is 0. The molecule has 2 N–H and O–H groups in total. The number of hydrogen-bond acceptors (Lipinski definition) is 1. The Morgan fingerprint density at radius 2 is 1.45 bits per heavy atom. The Kier molecular flexibility index (Phi) is 3.88. The van der Waals surface area contributed by atoms with E-state index in [4.69, 9.17) is 5.73 Å². The first-order valence-electron chi connectivity index (χ1n) is 7.65. The third-order valence-electron chi connectivity index (χ3n) is 4.88. The predicted molar refractivity (Wildman–Crippen MR) is 84.6 cm³/mol. The summed E-state index contributed by atoms with van der Waals surface area (Å²) in [5.74, 6) is 1.83. The Bertz CT molecular complexity index is 534. The maximum absolute atomic E-state index is 6.45. The minimum absolute atomic E-state index is 0.338. The van der Waals surface area contributed by atoms with E-state index in [1.165, 1.54) is 17.5 Å². The number of hydrogen-bond donors (Lipinski definition) is 1. The van der Waals surface area contributed by atoms with Crippen LogP contribution in [0.2, 0.25) is 0 Å². The smallest absolute Gasteiger partial charge is 0.0111 e. The lowest BCUT2D eigenvalue weighted by Gasteiger charge is -2.51. The minimum atomic E-state index is 0.338.